The molecular formula is C14H14N2O3S. The quantitative estimate of drug-likeness (QED) is 0.655. The summed E-state index contributed by atoms with van der Waals surface area (Å²) >= 11 is 1.52. The highest BCUT2D eigenvalue weighted by Crippen LogP contribution is 2.27. The average molecular weight is 290 g/mol. The van der Waals surface area contributed by atoms with E-state index in [0.717, 1.165) is 4.88 Å². The summed E-state index contributed by atoms with van der Waals surface area (Å²) < 4.78 is 4.99. The van der Waals surface area contributed by atoms with Gasteiger partial charge in [-0.25, -0.2) is 5.43 Å². The molecule has 104 valence electrons. The summed E-state index contributed by atoms with van der Waals surface area (Å²) in [5.74, 6) is 0.149. The van der Waals surface area contributed by atoms with E-state index in [0.29, 0.717) is 17.7 Å². The van der Waals surface area contributed by atoms with Crippen molar-refractivity contribution in [3.63, 3.8) is 0 Å². The van der Waals surface area contributed by atoms with E-state index >= 15 is 0 Å². The minimum absolute atomic E-state index is 0.00810. The first-order valence-corrected chi connectivity index (χ1v) is 6.79. The van der Waals surface area contributed by atoms with E-state index in [9.17, 15) is 9.90 Å². The normalized spacial score (nSPS) is 10.7. The number of aromatic hydroxyl groups is 1. The number of methoxy groups -OCH3 is 1. The molecule has 20 heavy (non-hydrogen) atoms. The summed E-state index contributed by atoms with van der Waals surface area (Å²) in [5, 5.41) is 15.6. The maximum Gasteiger partial charge on any atom is 0.245 e. The van der Waals surface area contributed by atoms with Crippen LogP contribution in [0.2, 0.25) is 0 Å². The van der Waals surface area contributed by atoms with Crippen molar-refractivity contribution in [2.24, 2.45) is 5.10 Å². The van der Waals surface area contributed by atoms with Gasteiger partial charge in [0.15, 0.2) is 11.5 Å². The van der Waals surface area contributed by atoms with Crippen molar-refractivity contribution < 1.29 is 14.6 Å². The molecule has 1 amide bonds. The van der Waals surface area contributed by atoms with Crippen molar-refractivity contribution in [3.8, 4) is 11.5 Å². The molecule has 0 unspecified atom stereocenters. The molecule has 0 aliphatic rings. The lowest BCUT2D eigenvalue weighted by Gasteiger charge is -2.04. The van der Waals surface area contributed by atoms with Gasteiger partial charge in [0.05, 0.1) is 19.7 Å². The van der Waals surface area contributed by atoms with Crippen LogP contribution in [0.1, 0.15) is 10.4 Å². The Morgan fingerprint density at radius 3 is 3.00 bits per heavy atom. The minimum atomic E-state index is -0.203. The number of phenolic OH excluding ortho intramolecular Hbond substituents is 1. The standard InChI is InChI=1S/C14H14N2O3S/c1-19-12-6-2-4-10(14(12)18)9-15-16-13(17)8-11-5-3-7-20-11/h2-7,9,18H,8H2,1H3,(H,16,17)/b15-9-. The van der Waals surface area contributed by atoms with Crippen LogP contribution >= 0.6 is 11.3 Å². The van der Waals surface area contributed by atoms with Gasteiger partial charge in [-0.15, -0.1) is 11.3 Å². The zero-order chi connectivity index (χ0) is 14.4. The van der Waals surface area contributed by atoms with Crippen LogP contribution in [0.25, 0.3) is 0 Å². The van der Waals surface area contributed by atoms with Gasteiger partial charge in [-0.2, -0.15) is 5.10 Å². The van der Waals surface area contributed by atoms with Gasteiger partial charge in [0.25, 0.3) is 0 Å². The summed E-state index contributed by atoms with van der Waals surface area (Å²) in [6, 6.07) is 8.83. The highest BCUT2D eigenvalue weighted by atomic mass is 32.1. The lowest BCUT2D eigenvalue weighted by molar-refractivity contribution is -0.120. The number of benzene rings is 1. The Morgan fingerprint density at radius 2 is 2.30 bits per heavy atom. The van der Waals surface area contributed by atoms with E-state index in [2.05, 4.69) is 10.5 Å². The van der Waals surface area contributed by atoms with E-state index in [1.807, 2.05) is 17.5 Å². The molecule has 0 fully saturated rings. The second kappa shape index (κ2) is 6.72. The molecule has 1 aromatic heterocycles. The number of nitrogens with zero attached hydrogens (tertiary/aromatic N) is 1. The zero-order valence-electron chi connectivity index (χ0n) is 10.9. The number of carbonyl (C=O) groups is 1. The van der Waals surface area contributed by atoms with Gasteiger partial charge in [0.2, 0.25) is 5.91 Å². The van der Waals surface area contributed by atoms with Crippen molar-refractivity contribution in [1.29, 1.82) is 0 Å². The van der Waals surface area contributed by atoms with Crippen LogP contribution in [0.5, 0.6) is 11.5 Å². The van der Waals surface area contributed by atoms with Crippen molar-refractivity contribution in [2.45, 2.75) is 6.42 Å². The first kappa shape index (κ1) is 14.1. The summed E-state index contributed by atoms with van der Waals surface area (Å²) in [5.41, 5.74) is 2.89. The van der Waals surface area contributed by atoms with E-state index in [4.69, 9.17) is 4.74 Å². The minimum Gasteiger partial charge on any atom is -0.504 e. The molecule has 0 bridgehead atoms. The maximum atomic E-state index is 11.6. The number of rotatable bonds is 5. The Labute approximate surface area is 120 Å². The van der Waals surface area contributed by atoms with Gasteiger partial charge in [0, 0.05) is 10.4 Å². The zero-order valence-corrected chi connectivity index (χ0v) is 11.7. The van der Waals surface area contributed by atoms with E-state index in [1.54, 1.807) is 18.2 Å². The molecule has 0 aliphatic heterocycles. The van der Waals surface area contributed by atoms with Crippen LogP contribution in [0.4, 0.5) is 0 Å². The van der Waals surface area contributed by atoms with E-state index in [-0.39, 0.29) is 11.7 Å². The number of amides is 1. The Balaban J connectivity index is 1.95. The topological polar surface area (TPSA) is 70.9 Å². The third kappa shape index (κ3) is 3.58. The van der Waals surface area contributed by atoms with E-state index in [1.165, 1.54) is 24.7 Å². The predicted octanol–water partition coefficient (Wildman–Crippen LogP) is 2.16. The smallest absolute Gasteiger partial charge is 0.245 e. The van der Waals surface area contributed by atoms with Crippen LogP contribution in [0, 0.1) is 0 Å². The number of hydrazone groups is 1. The van der Waals surface area contributed by atoms with Crippen molar-refractivity contribution in [3.05, 3.63) is 46.2 Å². The van der Waals surface area contributed by atoms with Crippen LogP contribution in [-0.2, 0) is 11.2 Å². The van der Waals surface area contributed by atoms with Gasteiger partial charge in [0.1, 0.15) is 0 Å². The van der Waals surface area contributed by atoms with Crippen molar-refractivity contribution in [2.75, 3.05) is 7.11 Å². The van der Waals surface area contributed by atoms with E-state index < -0.39 is 0 Å². The fourth-order valence-electron chi connectivity index (χ4n) is 1.59. The first-order valence-electron chi connectivity index (χ1n) is 5.91. The highest BCUT2D eigenvalue weighted by molar-refractivity contribution is 7.10. The lowest BCUT2D eigenvalue weighted by atomic mass is 10.2. The molecule has 0 spiro atoms. The number of thiophene rings is 1. The maximum absolute atomic E-state index is 11.6. The van der Waals surface area contributed by atoms with Crippen molar-refractivity contribution in [1.82, 2.24) is 5.43 Å². The van der Waals surface area contributed by atoms with Gasteiger partial charge in [-0.1, -0.05) is 12.1 Å². The largest absolute Gasteiger partial charge is 0.504 e. The van der Waals surface area contributed by atoms with Crippen LogP contribution in [0.15, 0.2) is 40.8 Å². The molecule has 2 N–H and O–H groups in total. The van der Waals surface area contributed by atoms with Gasteiger partial charge >= 0.3 is 0 Å². The summed E-state index contributed by atoms with van der Waals surface area (Å²) in [6.07, 6.45) is 1.67. The lowest BCUT2D eigenvalue weighted by Crippen LogP contribution is -2.19. The highest BCUT2D eigenvalue weighted by Gasteiger charge is 2.05. The first-order chi connectivity index (χ1) is 9.70. The number of phenols is 1. The molecule has 0 radical (unpaired) electrons. The van der Waals surface area contributed by atoms with Gasteiger partial charge in [-0.05, 0) is 23.6 Å². The van der Waals surface area contributed by atoms with Crippen LogP contribution in [-0.4, -0.2) is 24.3 Å². The number of hydrogen-bond donors (Lipinski definition) is 2. The number of nitrogens with one attached hydrogen (secondary N) is 1. The Kier molecular flexibility index (Phi) is 4.73. The number of carbonyl (C=O) groups excluding carboxylic acids is 1. The predicted molar refractivity (Wildman–Crippen MR) is 78.4 cm³/mol. The average Bonchev–Trinajstić information content (AvgIpc) is 2.93. The second-order valence-corrected chi connectivity index (χ2v) is 4.98. The summed E-state index contributed by atoms with van der Waals surface area (Å²) in [7, 11) is 1.47. The Bertz CT molecular complexity index is 609. The monoisotopic (exact) mass is 290 g/mol. The van der Waals surface area contributed by atoms with Crippen LogP contribution in [0.3, 0.4) is 0 Å². The molecule has 0 aliphatic carbocycles. The SMILES string of the molecule is COc1cccc(/C=N\NC(=O)Cc2cccs2)c1O. The molecule has 2 aromatic rings. The van der Waals surface area contributed by atoms with Crippen LogP contribution < -0.4 is 10.2 Å². The number of para-hydroxylation sites is 1. The molecule has 2 rings (SSSR count). The third-order valence-corrected chi connectivity index (χ3v) is 3.43. The van der Waals surface area contributed by atoms with Gasteiger partial charge in [-0.3, -0.25) is 4.79 Å². The van der Waals surface area contributed by atoms with Gasteiger partial charge < -0.3 is 9.84 Å². The molecule has 0 saturated carbocycles. The summed E-state index contributed by atoms with van der Waals surface area (Å²) in [4.78, 5) is 12.6. The molecular weight excluding hydrogens is 276 g/mol. The molecule has 0 atom stereocenters. The summed E-state index contributed by atoms with van der Waals surface area (Å²) in [6.45, 7) is 0. The fourth-order valence-corrected chi connectivity index (χ4v) is 2.30. The Hall–Kier alpha value is -2.34. The molecule has 6 heteroatoms. The fraction of sp³-hybridized carbons (Fsp3) is 0.143. The Morgan fingerprint density at radius 1 is 1.45 bits per heavy atom. The molecule has 0 saturated heterocycles. The molecule has 5 nitrogen and oxygen atoms in total. The third-order valence-electron chi connectivity index (χ3n) is 2.56. The number of hydrogen-bond acceptors (Lipinski definition) is 5. The second-order valence-electron chi connectivity index (χ2n) is 3.95. The molecule has 1 aromatic carbocycles. The number of ether oxygens (including phenoxy) is 1. The van der Waals surface area contributed by atoms with Crippen molar-refractivity contribution >= 4 is 23.5 Å². The molecule has 1 heterocycles.